The number of fused-ring (bicyclic) bond motifs is 1. The minimum absolute atomic E-state index is 0.00426. The summed E-state index contributed by atoms with van der Waals surface area (Å²) in [5.74, 6) is 0.0977. The summed E-state index contributed by atoms with van der Waals surface area (Å²) in [6.07, 6.45) is 1.74. The molecular weight excluding hydrogens is 334 g/mol. The van der Waals surface area contributed by atoms with Crippen LogP contribution in [-0.4, -0.2) is 52.8 Å². The molecule has 1 aliphatic rings. The molecule has 1 atom stereocenters. The Labute approximate surface area is 152 Å². The third-order valence-corrected chi connectivity index (χ3v) is 5.83. The summed E-state index contributed by atoms with van der Waals surface area (Å²) in [7, 11) is 0. The number of rotatable bonds is 4. The van der Waals surface area contributed by atoms with E-state index in [9.17, 15) is 9.59 Å². The highest BCUT2D eigenvalue weighted by Gasteiger charge is 2.30. The highest BCUT2D eigenvalue weighted by molar-refractivity contribution is 7.18. The maximum Gasteiger partial charge on any atom is 0.253 e. The van der Waals surface area contributed by atoms with E-state index < -0.39 is 0 Å². The van der Waals surface area contributed by atoms with Gasteiger partial charge in [-0.3, -0.25) is 9.59 Å². The van der Waals surface area contributed by atoms with Crippen LogP contribution in [0.5, 0.6) is 0 Å². The maximum atomic E-state index is 12.9. The topological polar surface area (TPSA) is 53.5 Å². The summed E-state index contributed by atoms with van der Waals surface area (Å²) in [5, 5.41) is 1.00. The molecule has 0 aliphatic carbocycles. The Morgan fingerprint density at radius 3 is 2.80 bits per heavy atom. The number of aromatic nitrogens is 1. The second kappa shape index (κ2) is 7.52. The monoisotopic (exact) mass is 359 g/mol. The van der Waals surface area contributed by atoms with Crippen molar-refractivity contribution >= 4 is 33.4 Å². The van der Waals surface area contributed by atoms with E-state index >= 15 is 0 Å². The van der Waals surface area contributed by atoms with Gasteiger partial charge in [0.05, 0.1) is 21.1 Å². The fraction of sp³-hybridized carbons (Fsp3) is 0.526. The van der Waals surface area contributed by atoms with Crippen molar-refractivity contribution in [3.63, 3.8) is 0 Å². The van der Waals surface area contributed by atoms with Crippen LogP contribution in [0.3, 0.4) is 0 Å². The van der Waals surface area contributed by atoms with Crippen molar-refractivity contribution in [1.82, 2.24) is 14.8 Å². The molecule has 1 aromatic carbocycles. The molecule has 3 rings (SSSR count). The van der Waals surface area contributed by atoms with Crippen LogP contribution in [-0.2, 0) is 4.79 Å². The number of hydrogen-bond donors (Lipinski definition) is 0. The minimum Gasteiger partial charge on any atom is -0.343 e. The molecule has 0 unspecified atom stereocenters. The van der Waals surface area contributed by atoms with Crippen LogP contribution in [0.15, 0.2) is 18.2 Å². The molecular formula is C19H25N3O2S. The SMILES string of the molecule is CCN(CC)C(=O)[C@H]1CCCN(C(=O)c2ccc3sc(C)nc3c2)C1. The van der Waals surface area contributed by atoms with E-state index in [1.54, 1.807) is 11.3 Å². The normalized spacial score (nSPS) is 17.7. The molecule has 0 radical (unpaired) electrons. The lowest BCUT2D eigenvalue weighted by atomic mass is 9.95. The quantitative estimate of drug-likeness (QED) is 0.841. The van der Waals surface area contributed by atoms with Crippen molar-refractivity contribution < 1.29 is 9.59 Å². The first kappa shape index (κ1) is 17.9. The molecule has 0 bridgehead atoms. The average Bonchev–Trinajstić information content (AvgIpc) is 3.01. The van der Waals surface area contributed by atoms with Gasteiger partial charge in [-0.2, -0.15) is 0 Å². The predicted molar refractivity (Wildman–Crippen MR) is 101 cm³/mol. The largest absolute Gasteiger partial charge is 0.343 e. The van der Waals surface area contributed by atoms with Crippen molar-refractivity contribution in [3.8, 4) is 0 Å². The van der Waals surface area contributed by atoms with Crippen molar-refractivity contribution in [1.29, 1.82) is 0 Å². The molecule has 2 heterocycles. The van der Waals surface area contributed by atoms with Crippen LogP contribution in [0.2, 0.25) is 0 Å². The van der Waals surface area contributed by atoms with Gasteiger partial charge in [-0.25, -0.2) is 4.98 Å². The number of likely N-dealkylation sites (tertiary alicyclic amines) is 1. The van der Waals surface area contributed by atoms with Gasteiger partial charge in [0.25, 0.3) is 5.91 Å². The second-order valence-electron chi connectivity index (χ2n) is 6.52. The number of aryl methyl sites for hydroxylation is 1. The lowest BCUT2D eigenvalue weighted by molar-refractivity contribution is -0.136. The van der Waals surface area contributed by atoms with Crippen LogP contribution in [0.4, 0.5) is 0 Å². The van der Waals surface area contributed by atoms with Gasteiger partial charge in [-0.1, -0.05) is 0 Å². The smallest absolute Gasteiger partial charge is 0.253 e. The standard InChI is InChI=1S/C19H25N3O2S/c1-4-21(5-2)19(24)15-7-6-10-22(12-15)18(23)14-8-9-17-16(11-14)20-13(3)25-17/h8-9,11,15H,4-7,10,12H2,1-3H3/t15-/m0/s1. The summed E-state index contributed by atoms with van der Waals surface area (Å²) >= 11 is 1.63. The van der Waals surface area contributed by atoms with Crippen molar-refractivity contribution in [2.45, 2.75) is 33.6 Å². The Morgan fingerprint density at radius 2 is 2.08 bits per heavy atom. The van der Waals surface area contributed by atoms with E-state index in [1.165, 1.54) is 0 Å². The number of nitrogens with zero attached hydrogens (tertiary/aromatic N) is 3. The third kappa shape index (κ3) is 3.68. The summed E-state index contributed by atoms with van der Waals surface area (Å²) < 4.78 is 1.10. The Hall–Kier alpha value is -1.95. The molecule has 134 valence electrons. The van der Waals surface area contributed by atoms with Crippen LogP contribution in [0.1, 0.15) is 42.1 Å². The molecule has 2 amide bonds. The zero-order valence-corrected chi connectivity index (χ0v) is 15.9. The lowest BCUT2D eigenvalue weighted by Crippen LogP contribution is -2.46. The Balaban J connectivity index is 1.75. The van der Waals surface area contributed by atoms with Gasteiger partial charge < -0.3 is 9.80 Å². The van der Waals surface area contributed by atoms with Gasteiger partial charge in [-0.15, -0.1) is 11.3 Å². The Kier molecular flexibility index (Phi) is 5.37. The van der Waals surface area contributed by atoms with E-state index in [-0.39, 0.29) is 17.7 Å². The lowest BCUT2D eigenvalue weighted by Gasteiger charge is -2.34. The summed E-state index contributed by atoms with van der Waals surface area (Å²) in [5.41, 5.74) is 1.54. The Bertz CT molecular complexity index is 782. The molecule has 1 aliphatic heterocycles. The van der Waals surface area contributed by atoms with Gasteiger partial charge in [0.2, 0.25) is 5.91 Å². The molecule has 1 saturated heterocycles. The van der Waals surface area contributed by atoms with Crippen LogP contribution >= 0.6 is 11.3 Å². The van der Waals surface area contributed by atoms with Crippen molar-refractivity contribution in [3.05, 3.63) is 28.8 Å². The molecule has 1 fully saturated rings. The number of amides is 2. The number of benzene rings is 1. The van der Waals surface area contributed by atoms with Crippen LogP contribution in [0.25, 0.3) is 10.2 Å². The first-order valence-corrected chi connectivity index (χ1v) is 9.80. The number of piperidine rings is 1. The Morgan fingerprint density at radius 1 is 1.32 bits per heavy atom. The molecule has 0 saturated carbocycles. The minimum atomic E-state index is -0.0807. The summed E-state index contributed by atoms with van der Waals surface area (Å²) in [6, 6.07) is 5.71. The first-order valence-electron chi connectivity index (χ1n) is 8.98. The number of carbonyl (C=O) groups is 2. The van der Waals surface area contributed by atoms with Crippen LogP contribution < -0.4 is 0 Å². The van der Waals surface area contributed by atoms with E-state index in [1.807, 2.05) is 48.8 Å². The fourth-order valence-corrected chi connectivity index (χ4v) is 4.32. The summed E-state index contributed by atoms with van der Waals surface area (Å²) in [6.45, 7) is 8.65. The molecule has 2 aromatic rings. The highest BCUT2D eigenvalue weighted by atomic mass is 32.1. The van der Waals surface area contributed by atoms with E-state index in [2.05, 4.69) is 4.98 Å². The van der Waals surface area contributed by atoms with Gasteiger partial charge in [0.15, 0.2) is 0 Å². The van der Waals surface area contributed by atoms with Crippen LogP contribution in [0, 0.1) is 12.8 Å². The maximum absolute atomic E-state index is 12.9. The number of hydrogen-bond acceptors (Lipinski definition) is 4. The molecule has 0 spiro atoms. The fourth-order valence-electron chi connectivity index (χ4n) is 3.51. The number of thiazole rings is 1. The zero-order chi connectivity index (χ0) is 18.0. The zero-order valence-electron chi connectivity index (χ0n) is 15.1. The molecule has 0 N–H and O–H groups in total. The summed E-state index contributed by atoms with van der Waals surface area (Å²) in [4.78, 5) is 33.7. The molecule has 6 heteroatoms. The predicted octanol–water partition coefficient (Wildman–Crippen LogP) is 3.33. The first-order chi connectivity index (χ1) is 12.0. The van der Waals surface area contributed by atoms with Gasteiger partial charge >= 0.3 is 0 Å². The van der Waals surface area contributed by atoms with Gasteiger partial charge in [0, 0.05) is 31.7 Å². The van der Waals surface area contributed by atoms with Crippen molar-refractivity contribution in [2.75, 3.05) is 26.2 Å². The van der Waals surface area contributed by atoms with Gasteiger partial charge in [-0.05, 0) is 51.8 Å². The molecule has 1 aromatic heterocycles. The third-order valence-electron chi connectivity index (χ3n) is 4.87. The van der Waals surface area contributed by atoms with Gasteiger partial charge in [0.1, 0.15) is 0 Å². The average molecular weight is 359 g/mol. The van der Waals surface area contributed by atoms with E-state index in [0.717, 1.165) is 47.7 Å². The van der Waals surface area contributed by atoms with E-state index in [4.69, 9.17) is 0 Å². The van der Waals surface area contributed by atoms with E-state index in [0.29, 0.717) is 12.1 Å². The molecule has 25 heavy (non-hydrogen) atoms. The second-order valence-corrected chi connectivity index (χ2v) is 7.75. The molecule has 5 nitrogen and oxygen atoms in total. The highest BCUT2D eigenvalue weighted by Crippen LogP contribution is 2.25. The van der Waals surface area contributed by atoms with Crippen molar-refractivity contribution in [2.24, 2.45) is 5.92 Å². The number of carbonyl (C=O) groups excluding carboxylic acids is 2.